The van der Waals surface area contributed by atoms with Crippen molar-refractivity contribution in [2.45, 2.75) is 13.3 Å². The summed E-state index contributed by atoms with van der Waals surface area (Å²) in [4.78, 5) is 4.01. The van der Waals surface area contributed by atoms with Gasteiger partial charge in [-0.15, -0.1) is 0 Å². The maximum absolute atomic E-state index is 13.3. The Kier molecular flexibility index (Phi) is 4.55. The van der Waals surface area contributed by atoms with Crippen LogP contribution in [0.1, 0.15) is 13.3 Å². The number of nitrogens with two attached hydrogens (primary N) is 1. The number of hydrogen-bond acceptors (Lipinski definition) is 1. The molecule has 1 aromatic carbocycles. The van der Waals surface area contributed by atoms with Crippen molar-refractivity contribution in [3.63, 3.8) is 0 Å². The number of nitrogens with one attached hydrogen (secondary N) is 1. The fraction of sp³-hybridized carbons (Fsp3) is 0.300. The van der Waals surface area contributed by atoms with Crippen LogP contribution in [0, 0.1) is 5.82 Å². The Morgan fingerprint density at radius 2 is 2.33 bits per heavy atom. The van der Waals surface area contributed by atoms with Gasteiger partial charge in [-0.25, -0.2) is 4.39 Å². The first-order valence-electron chi connectivity index (χ1n) is 4.65. The number of benzene rings is 1. The summed E-state index contributed by atoms with van der Waals surface area (Å²) in [6.07, 6.45) is 0.908. The van der Waals surface area contributed by atoms with E-state index in [0.717, 1.165) is 6.42 Å². The van der Waals surface area contributed by atoms with Gasteiger partial charge < -0.3 is 11.1 Å². The molecule has 0 saturated heterocycles. The lowest BCUT2D eigenvalue weighted by Gasteiger charge is -2.06. The molecule has 0 atom stereocenters. The Balaban J connectivity index is 2.72. The molecule has 15 heavy (non-hydrogen) atoms. The Bertz CT molecular complexity index is 366. The zero-order chi connectivity index (χ0) is 11.3. The number of guanidine groups is 1. The van der Waals surface area contributed by atoms with Crippen molar-refractivity contribution in [2.75, 3.05) is 11.9 Å². The minimum Gasteiger partial charge on any atom is -0.370 e. The molecule has 0 aliphatic carbocycles. The van der Waals surface area contributed by atoms with Crippen molar-refractivity contribution in [2.24, 2.45) is 10.7 Å². The second-order valence-electron chi connectivity index (χ2n) is 3.02. The topological polar surface area (TPSA) is 50.4 Å². The van der Waals surface area contributed by atoms with Crippen molar-refractivity contribution >= 4 is 27.6 Å². The van der Waals surface area contributed by atoms with E-state index in [1.807, 2.05) is 6.92 Å². The summed E-state index contributed by atoms with van der Waals surface area (Å²) in [7, 11) is 0. The van der Waals surface area contributed by atoms with Crippen LogP contribution in [-0.4, -0.2) is 12.5 Å². The van der Waals surface area contributed by atoms with Gasteiger partial charge in [0.2, 0.25) is 0 Å². The summed E-state index contributed by atoms with van der Waals surface area (Å²) in [5.74, 6) is -0.128. The number of nitrogens with zero attached hydrogens (tertiary/aromatic N) is 1. The molecule has 82 valence electrons. The largest absolute Gasteiger partial charge is 0.370 e. The standard InChI is InChI=1S/C10H13BrFN3/c1-2-5-14-10(13)15-9-4-3-7(11)6-8(9)12/h3-4,6H,2,5H2,1H3,(H3,13,14,15). The van der Waals surface area contributed by atoms with E-state index in [-0.39, 0.29) is 11.8 Å². The highest BCUT2D eigenvalue weighted by Crippen LogP contribution is 2.18. The first-order valence-corrected chi connectivity index (χ1v) is 5.44. The highest BCUT2D eigenvalue weighted by Gasteiger charge is 2.02. The fourth-order valence-electron chi connectivity index (χ4n) is 1.00. The van der Waals surface area contributed by atoms with E-state index < -0.39 is 0 Å². The molecule has 0 aromatic heterocycles. The second kappa shape index (κ2) is 5.70. The lowest BCUT2D eigenvalue weighted by atomic mass is 10.3. The minimum absolute atomic E-state index is 0.234. The van der Waals surface area contributed by atoms with Crippen molar-refractivity contribution < 1.29 is 4.39 Å². The SMILES string of the molecule is CCCN=C(N)Nc1ccc(Br)cc1F. The molecule has 0 unspecified atom stereocenters. The van der Waals surface area contributed by atoms with Gasteiger partial charge in [-0.1, -0.05) is 22.9 Å². The van der Waals surface area contributed by atoms with Crippen LogP contribution in [-0.2, 0) is 0 Å². The Hall–Kier alpha value is -1.10. The summed E-state index contributed by atoms with van der Waals surface area (Å²) in [6, 6.07) is 4.71. The summed E-state index contributed by atoms with van der Waals surface area (Å²) < 4.78 is 14.0. The fourth-order valence-corrected chi connectivity index (χ4v) is 1.33. The molecule has 0 amide bonds. The first-order chi connectivity index (χ1) is 7.13. The third kappa shape index (κ3) is 3.87. The van der Waals surface area contributed by atoms with Crippen LogP contribution in [0.15, 0.2) is 27.7 Å². The average molecular weight is 274 g/mol. The Labute approximate surface area is 96.7 Å². The molecular formula is C10H13BrFN3. The average Bonchev–Trinajstić information content (AvgIpc) is 2.19. The number of aliphatic imine (C=N–C) groups is 1. The van der Waals surface area contributed by atoms with Crippen molar-refractivity contribution in [3.05, 3.63) is 28.5 Å². The molecule has 3 nitrogen and oxygen atoms in total. The number of rotatable bonds is 3. The summed E-state index contributed by atoms with van der Waals surface area (Å²) in [5.41, 5.74) is 5.89. The van der Waals surface area contributed by atoms with E-state index in [1.54, 1.807) is 12.1 Å². The van der Waals surface area contributed by atoms with E-state index in [4.69, 9.17) is 5.73 Å². The highest BCUT2D eigenvalue weighted by atomic mass is 79.9. The van der Waals surface area contributed by atoms with Gasteiger partial charge in [-0.2, -0.15) is 0 Å². The zero-order valence-corrected chi connectivity index (χ0v) is 10.0. The summed E-state index contributed by atoms with van der Waals surface area (Å²) in [6.45, 7) is 2.63. The lowest BCUT2D eigenvalue weighted by molar-refractivity contribution is 0.631. The van der Waals surface area contributed by atoms with Crippen LogP contribution in [0.3, 0.4) is 0 Å². The molecule has 0 aliphatic heterocycles. The van der Waals surface area contributed by atoms with E-state index in [0.29, 0.717) is 16.7 Å². The van der Waals surface area contributed by atoms with Crippen molar-refractivity contribution in [3.8, 4) is 0 Å². The maximum atomic E-state index is 13.3. The van der Waals surface area contributed by atoms with E-state index >= 15 is 0 Å². The Morgan fingerprint density at radius 3 is 2.93 bits per heavy atom. The molecular weight excluding hydrogens is 261 g/mol. The molecule has 0 bridgehead atoms. The minimum atomic E-state index is -0.362. The first kappa shape index (κ1) is 12.0. The normalized spacial score (nSPS) is 11.5. The van der Waals surface area contributed by atoms with Crippen molar-refractivity contribution in [1.82, 2.24) is 0 Å². The predicted octanol–water partition coefficient (Wildman–Crippen LogP) is 2.72. The van der Waals surface area contributed by atoms with Gasteiger partial charge in [-0.05, 0) is 24.6 Å². The predicted molar refractivity (Wildman–Crippen MR) is 64.5 cm³/mol. The molecule has 3 N–H and O–H groups in total. The highest BCUT2D eigenvalue weighted by molar-refractivity contribution is 9.10. The van der Waals surface area contributed by atoms with Gasteiger partial charge in [0.1, 0.15) is 5.82 Å². The van der Waals surface area contributed by atoms with Crippen LogP contribution in [0.4, 0.5) is 10.1 Å². The molecule has 5 heteroatoms. The number of hydrogen-bond donors (Lipinski definition) is 2. The maximum Gasteiger partial charge on any atom is 0.193 e. The van der Waals surface area contributed by atoms with E-state index in [9.17, 15) is 4.39 Å². The van der Waals surface area contributed by atoms with Crippen LogP contribution in [0.2, 0.25) is 0 Å². The number of anilines is 1. The monoisotopic (exact) mass is 273 g/mol. The van der Waals surface area contributed by atoms with Crippen LogP contribution < -0.4 is 11.1 Å². The molecule has 1 aromatic rings. The smallest absolute Gasteiger partial charge is 0.193 e. The molecule has 0 saturated carbocycles. The quantitative estimate of drug-likeness (QED) is 0.657. The number of halogens is 2. The molecule has 0 aliphatic rings. The van der Waals surface area contributed by atoms with Gasteiger partial charge >= 0.3 is 0 Å². The molecule has 0 fully saturated rings. The Morgan fingerprint density at radius 1 is 1.60 bits per heavy atom. The third-order valence-corrected chi connectivity index (χ3v) is 2.19. The van der Waals surface area contributed by atoms with E-state index in [1.165, 1.54) is 6.07 Å². The lowest BCUT2D eigenvalue weighted by Crippen LogP contribution is -2.23. The van der Waals surface area contributed by atoms with Gasteiger partial charge in [-0.3, -0.25) is 4.99 Å². The van der Waals surface area contributed by atoms with Crippen LogP contribution >= 0.6 is 15.9 Å². The van der Waals surface area contributed by atoms with Gasteiger partial charge in [0, 0.05) is 11.0 Å². The van der Waals surface area contributed by atoms with Crippen LogP contribution in [0.5, 0.6) is 0 Å². The van der Waals surface area contributed by atoms with Gasteiger partial charge in [0.25, 0.3) is 0 Å². The molecule has 0 spiro atoms. The van der Waals surface area contributed by atoms with Crippen molar-refractivity contribution in [1.29, 1.82) is 0 Å². The molecule has 1 rings (SSSR count). The molecule has 0 radical (unpaired) electrons. The zero-order valence-electron chi connectivity index (χ0n) is 8.43. The summed E-state index contributed by atoms with van der Waals surface area (Å²) >= 11 is 3.18. The third-order valence-electron chi connectivity index (χ3n) is 1.70. The summed E-state index contributed by atoms with van der Waals surface area (Å²) in [5, 5.41) is 2.70. The second-order valence-corrected chi connectivity index (χ2v) is 3.93. The van der Waals surface area contributed by atoms with Gasteiger partial charge in [0.15, 0.2) is 5.96 Å². The van der Waals surface area contributed by atoms with Gasteiger partial charge in [0.05, 0.1) is 5.69 Å². The van der Waals surface area contributed by atoms with E-state index in [2.05, 4.69) is 26.2 Å². The molecule has 0 heterocycles. The van der Waals surface area contributed by atoms with Crippen LogP contribution in [0.25, 0.3) is 0 Å².